The van der Waals surface area contributed by atoms with Crippen molar-refractivity contribution in [2.75, 3.05) is 20.8 Å². The molecule has 0 aromatic heterocycles. The van der Waals surface area contributed by atoms with Crippen LogP contribution < -0.4 is 14.2 Å². The first-order valence-electron chi connectivity index (χ1n) is 10.4. The lowest BCUT2D eigenvalue weighted by Crippen LogP contribution is -2.04. The number of carboxylic acid groups (broad SMARTS) is 1. The van der Waals surface area contributed by atoms with Gasteiger partial charge in [0.05, 0.1) is 20.8 Å². The molecule has 0 amide bonds. The van der Waals surface area contributed by atoms with Crippen molar-refractivity contribution in [1.29, 1.82) is 0 Å². The van der Waals surface area contributed by atoms with Crippen LogP contribution in [0.3, 0.4) is 0 Å². The molecule has 2 aromatic carbocycles. The van der Waals surface area contributed by atoms with Gasteiger partial charge in [-0.2, -0.15) is 0 Å². The van der Waals surface area contributed by atoms with Gasteiger partial charge in [0.25, 0.3) is 0 Å². The summed E-state index contributed by atoms with van der Waals surface area (Å²) in [5, 5.41) is 19.4. The van der Waals surface area contributed by atoms with Crippen LogP contribution in [0.4, 0.5) is 0 Å². The van der Waals surface area contributed by atoms with Crippen LogP contribution >= 0.6 is 0 Å². The summed E-state index contributed by atoms with van der Waals surface area (Å²) < 4.78 is 16.7. The molecule has 2 rings (SSSR count). The molecule has 0 heterocycles. The lowest BCUT2D eigenvalue weighted by molar-refractivity contribution is 0.0693. The van der Waals surface area contributed by atoms with E-state index in [1.54, 1.807) is 20.3 Å². The summed E-state index contributed by atoms with van der Waals surface area (Å²) in [4.78, 5) is 11.2. The number of para-hydroxylation sites is 1. The minimum atomic E-state index is -1.14. The van der Waals surface area contributed by atoms with Gasteiger partial charge in [0.1, 0.15) is 17.1 Å². The van der Waals surface area contributed by atoms with Crippen molar-refractivity contribution in [2.24, 2.45) is 0 Å². The summed E-state index contributed by atoms with van der Waals surface area (Å²) in [7, 11) is 3.30. The van der Waals surface area contributed by atoms with Crippen LogP contribution in [0.15, 0.2) is 30.3 Å². The van der Waals surface area contributed by atoms with E-state index in [-0.39, 0.29) is 11.3 Å². The maximum atomic E-state index is 11.2. The molecule has 0 unspecified atom stereocenters. The van der Waals surface area contributed by atoms with Crippen molar-refractivity contribution in [1.82, 2.24) is 0 Å². The summed E-state index contributed by atoms with van der Waals surface area (Å²) in [5.74, 6) is 0.804. The lowest BCUT2D eigenvalue weighted by atomic mass is 10.0. The number of carboxylic acids is 1. The van der Waals surface area contributed by atoms with E-state index in [4.69, 9.17) is 14.2 Å². The van der Waals surface area contributed by atoms with Gasteiger partial charge in [-0.1, -0.05) is 38.3 Å². The molecule has 2 aromatic rings. The third-order valence-corrected chi connectivity index (χ3v) is 5.05. The molecule has 6 nitrogen and oxygen atoms in total. The molecule has 30 heavy (non-hydrogen) atoms. The molecule has 0 radical (unpaired) electrons. The van der Waals surface area contributed by atoms with E-state index in [9.17, 15) is 15.0 Å². The van der Waals surface area contributed by atoms with Crippen LogP contribution in [0.2, 0.25) is 0 Å². The van der Waals surface area contributed by atoms with E-state index >= 15 is 0 Å². The minimum Gasteiger partial charge on any atom is -0.507 e. The van der Waals surface area contributed by atoms with Gasteiger partial charge in [0, 0.05) is 5.56 Å². The van der Waals surface area contributed by atoms with Crippen LogP contribution in [0, 0.1) is 0 Å². The summed E-state index contributed by atoms with van der Waals surface area (Å²) >= 11 is 0. The molecule has 0 fully saturated rings. The lowest BCUT2D eigenvalue weighted by Gasteiger charge is -2.14. The summed E-state index contributed by atoms with van der Waals surface area (Å²) in [6.07, 6.45) is 6.31. The van der Waals surface area contributed by atoms with E-state index in [0.717, 1.165) is 55.6 Å². The standard InChI is InChI=1S/C24H32O6/c1-4-10-18-20(15-14-19(22(18)25)24(26)27)30-16-8-6-5-7-11-17-12-9-13-21(28-2)23(17)29-3/h9,12-15,25H,4-8,10-11,16H2,1-3H3,(H,26,27). The monoisotopic (exact) mass is 416 g/mol. The number of benzene rings is 2. The molecular formula is C24H32O6. The van der Waals surface area contributed by atoms with Gasteiger partial charge in [-0.3, -0.25) is 0 Å². The van der Waals surface area contributed by atoms with E-state index in [1.165, 1.54) is 6.07 Å². The van der Waals surface area contributed by atoms with E-state index in [1.807, 2.05) is 19.1 Å². The number of aromatic carboxylic acids is 1. The summed E-state index contributed by atoms with van der Waals surface area (Å²) in [6.45, 7) is 2.51. The zero-order valence-corrected chi connectivity index (χ0v) is 18.1. The van der Waals surface area contributed by atoms with Crippen molar-refractivity contribution < 1.29 is 29.2 Å². The van der Waals surface area contributed by atoms with Crippen molar-refractivity contribution >= 4 is 5.97 Å². The Morgan fingerprint density at radius 3 is 2.37 bits per heavy atom. The zero-order chi connectivity index (χ0) is 21.9. The van der Waals surface area contributed by atoms with Crippen molar-refractivity contribution in [2.45, 2.75) is 51.9 Å². The van der Waals surface area contributed by atoms with Crippen LogP contribution in [0.25, 0.3) is 0 Å². The largest absolute Gasteiger partial charge is 0.507 e. The smallest absolute Gasteiger partial charge is 0.339 e. The van der Waals surface area contributed by atoms with Gasteiger partial charge in [0.2, 0.25) is 0 Å². The highest BCUT2D eigenvalue weighted by Crippen LogP contribution is 2.33. The Morgan fingerprint density at radius 1 is 0.933 bits per heavy atom. The van der Waals surface area contributed by atoms with Gasteiger partial charge >= 0.3 is 5.97 Å². The number of aromatic hydroxyl groups is 1. The second-order valence-corrected chi connectivity index (χ2v) is 7.16. The Kier molecular flexibility index (Phi) is 9.32. The first kappa shape index (κ1) is 23.4. The molecule has 0 aliphatic carbocycles. The normalized spacial score (nSPS) is 10.6. The Labute approximate surface area is 178 Å². The van der Waals surface area contributed by atoms with E-state index in [0.29, 0.717) is 24.3 Å². The first-order chi connectivity index (χ1) is 14.5. The quantitative estimate of drug-likeness (QED) is 0.434. The maximum Gasteiger partial charge on any atom is 0.339 e. The topological polar surface area (TPSA) is 85.2 Å². The molecular weight excluding hydrogens is 384 g/mol. The SMILES string of the molecule is CCCc1c(OCCCCCCc2cccc(OC)c2OC)ccc(C(=O)O)c1O. The molecule has 0 spiro atoms. The number of ether oxygens (including phenoxy) is 3. The number of phenols is 1. The average molecular weight is 417 g/mol. The van der Waals surface area contributed by atoms with Gasteiger partial charge < -0.3 is 24.4 Å². The zero-order valence-electron chi connectivity index (χ0n) is 18.1. The Hall–Kier alpha value is -2.89. The molecule has 6 heteroatoms. The van der Waals surface area contributed by atoms with Gasteiger partial charge in [-0.05, 0) is 49.4 Å². The molecule has 164 valence electrons. The maximum absolute atomic E-state index is 11.2. The van der Waals surface area contributed by atoms with Crippen molar-refractivity contribution in [3.8, 4) is 23.0 Å². The Morgan fingerprint density at radius 2 is 1.70 bits per heavy atom. The van der Waals surface area contributed by atoms with Gasteiger partial charge in [-0.15, -0.1) is 0 Å². The number of rotatable bonds is 13. The van der Waals surface area contributed by atoms with Crippen molar-refractivity contribution in [3.05, 3.63) is 47.0 Å². The fraction of sp³-hybridized carbons (Fsp3) is 0.458. The number of aryl methyl sites for hydroxylation is 1. The molecule has 0 saturated carbocycles. The highest BCUT2D eigenvalue weighted by atomic mass is 16.5. The van der Waals surface area contributed by atoms with Crippen LogP contribution in [0.1, 0.15) is 60.5 Å². The van der Waals surface area contributed by atoms with Crippen LogP contribution in [-0.4, -0.2) is 37.0 Å². The van der Waals surface area contributed by atoms with Crippen molar-refractivity contribution in [3.63, 3.8) is 0 Å². The first-order valence-corrected chi connectivity index (χ1v) is 10.4. The molecule has 0 atom stereocenters. The Balaban J connectivity index is 1.80. The van der Waals surface area contributed by atoms with Crippen LogP contribution in [-0.2, 0) is 12.8 Å². The predicted molar refractivity (Wildman–Crippen MR) is 116 cm³/mol. The second kappa shape index (κ2) is 12.0. The highest BCUT2D eigenvalue weighted by molar-refractivity contribution is 5.91. The average Bonchev–Trinajstić information content (AvgIpc) is 2.74. The number of unbranched alkanes of at least 4 members (excludes halogenated alkanes) is 3. The molecule has 0 aliphatic heterocycles. The second-order valence-electron chi connectivity index (χ2n) is 7.16. The highest BCUT2D eigenvalue weighted by Gasteiger charge is 2.17. The van der Waals surface area contributed by atoms with Gasteiger partial charge in [-0.25, -0.2) is 4.79 Å². The predicted octanol–water partition coefficient (Wildman–Crippen LogP) is 5.24. The molecule has 0 aliphatic rings. The third kappa shape index (κ3) is 6.05. The third-order valence-electron chi connectivity index (χ3n) is 5.05. The number of methoxy groups -OCH3 is 2. The number of hydrogen-bond donors (Lipinski definition) is 2. The number of carbonyl (C=O) groups is 1. The van der Waals surface area contributed by atoms with E-state index < -0.39 is 5.97 Å². The van der Waals surface area contributed by atoms with E-state index in [2.05, 4.69) is 6.07 Å². The number of hydrogen-bond acceptors (Lipinski definition) is 5. The molecule has 0 bridgehead atoms. The van der Waals surface area contributed by atoms with Gasteiger partial charge in [0.15, 0.2) is 11.5 Å². The van der Waals surface area contributed by atoms with Crippen LogP contribution in [0.5, 0.6) is 23.0 Å². The summed E-state index contributed by atoms with van der Waals surface area (Å²) in [6, 6.07) is 8.97. The minimum absolute atomic E-state index is 0.0845. The Bertz CT molecular complexity index is 831. The fourth-order valence-corrected chi connectivity index (χ4v) is 3.52. The summed E-state index contributed by atoms with van der Waals surface area (Å²) in [5.41, 5.74) is 1.63. The molecule has 0 saturated heterocycles. The molecule has 2 N–H and O–H groups in total. The fourth-order valence-electron chi connectivity index (χ4n) is 3.52.